The fourth-order valence-corrected chi connectivity index (χ4v) is 0.992. The third-order valence-electron chi connectivity index (χ3n) is 1.46. The molecule has 0 aliphatic rings. The highest BCUT2D eigenvalue weighted by molar-refractivity contribution is 6.16. The van der Waals surface area contributed by atoms with Gasteiger partial charge < -0.3 is 9.32 Å². The molecule has 0 unspecified atom stereocenters. The summed E-state index contributed by atoms with van der Waals surface area (Å²) in [5.74, 6) is 0.738. The van der Waals surface area contributed by atoms with Crippen LogP contribution < -0.4 is 4.90 Å². The minimum Gasteiger partial charge on any atom is -0.407 e. The Morgan fingerprint density at radius 3 is 2.75 bits per heavy atom. The van der Waals surface area contributed by atoms with Gasteiger partial charge in [0.15, 0.2) is 0 Å². The Kier molecular flexibility index (Phi) is 3.34. The van der Waals surface area contributed by atoms with Crippen LogP contribution in [0.3, 0.4) is 0 Å². The van der Waals surface area contributed by atoms with E-state index in [2.05, 4.69) is 17.1 Å². The van der Waals surface area contributed by atoms with Crippen LogP contribution in [0.15, 0.2) is 4.42 Å². The molecule has 0 atom stereocenters. The van der Waals surface area contributed by atoms with Gasteiger partial charge in [-0.1, -0.05) is 12.0 Å². The lowest BCUT2D eigenvalue weighted by atomic mass is 10.5. The Morgan fingerprint density at radius 1 is 1.50 bits per heavy atom. The first-order valence-corrected chi connectivity index (χ1v) is 4.40. The van der Waals surface area contributed by atoms with Crippen molar-refractivity contribution in [3.05, 3.63) is 5.89 Å². The Hall–Kier alpha value is -0.770. The first-order chi connectivity index (χ1) is 5.77. The van der Waals surface area contributed by atoms with Crippen molar-refractivity contribution < 1.29 is 4.42 Å². The quantitative estimate of drug-likeness (QED) is 0.676. The molecule has 68 valence electrons. The van der Waals surface area contributed by atoms with E-state index in [9.17, 15) is 0 Å². The van der Waals surface area contributed by atoms with Gasteiger partial charge >= 0.3 is 6.01 Å². The van der Waals surface area contributed by atoms with E-state index in [-0.39, 0.29) is 5.88 Å². The van der Waals surface area contributed by atoms with E-state index in [4.69, 9.17) is 16.0 Å². The van der Waals surface area contributed by atoms with Crippen LogP contribution in [0.4, 0.5) is 6.01 Å². The van der Waals surface area contributed by atoms with Crippen molar-refractivity contribution >= 4 is 17.6 Å². The largest absolute Gasteiger partial charge is 0.407 e. The Labute approximate surface area is 76.5 Å². The van der Waals surface area contributed by atoms with E-state index in [1.54, 1.807) is 0 Å². The summed E-state index contributed by atoms with van der Waals surface area (Å²) in [5, 5.41) is 7.58. The van der Waals surface area contributed by atoms with Crippen LogP contribution >= 0.6 is 11.6 Å². The first-order valence-electron chi connectivity index (χ1n) is 3.87. The van der Waals surface area contributed by atoms with E-state index in [0.717, 1.165) is 13.0 Å². The molecule has 0 saturated carbocycles. The molecule has 0 amide bonds. The van der Waals surface area contributed by atoms with Crippen molar-refractivity contribution in [1.82, 2.24) is 10.2 Å². The molecule has 0 aliphatic carbocycles. The molecule has 0 bridgehead atoms. The summed E-state index contributed by atoms with van der Waals surface area (Å²) < 4.78 is 5.22. The summed E-state index contributed by atoms with van der Waals surface area (Å²) in [4.78, 5) is 1.91. The molecular weight excluding hydrogens is 178 g/mol. The molecule has 1 aromatic rings. The highest BCUT2D eigenvalue weighted by Crippen LogP contribution is 2.11. The lowest BCUT2D eigenvalue weighted by Crippen LogP contribution is -2.17. The van der Waals surface area contributed by atoms with Crippen molar-refractivity contribution in [3.63, 3.8) is 0 Å². The number of alkyl halides is 1. The fraction of sp³-hybridized carbons (Fsp3) is 0.714. The zero-order valence-corrected chi connectivity index (χ0v) is 8.01. The highest BCUT2D eigenvalue weighted by atomic mass is 35.5. The van der Waals surface area contributed by atoms with Gasteiger partial charge in [-0.15, -0.1) is 16.7 Å². The number of aromatic nitrogens is 2. The SMILES string of the molecule is CCCN(C)c1nnc(CCl)o1. The molecule has 0 aromatic carbocycles. The summed E-state index contributed by atoms with van der Waals surface area (Å²) in [6, 6.07) is 0.535. The van der Waals surface area contributed by atoms with Gasteiger partial charge in [-0.05, 0) is 6.42 Å². The Bertz CT molecular complexity index is 238. The predicted molar refractivity (Wildman–Crippen MR) is 47.4 cm³/mol. The number of halogens is 1. The van der Waals surface area contributed by atoms with Gasteiger partial charge in [0.1, 0.15) is 5.88 Å². The molecule has 5 heteroatoms. The number of hydrogen-bond acceptors (Lipinski definition) is 4. The third kappa shape index (κ3) is 2.11. The van der Waals surface area contributed by atoms with Crippen LogP contribution in [0.1, 0.15) is 19.2 Å². The molecule has 0 fully saturated rings. The van der Waals surface area contributed by atoms with Gasteiger partial charge in [0.05, 0.1) is 0 Å². The summed E-state index contributed by atoms with van der Waals surface area (Å²) in [6.07, 6.45) is 1.05. The highest BCUT2D eigenvalue weighted by Gasteiger charge is 2.08. The van der Waals surface area contributed by atoms with E-state index < -0.39 is 0 Å². The maximum atomic E-state index is 5.51. The van der Waals surface area contributed by atoms with Crippen molar-refractivity contribution in [2.45, 2.75) is 19.2 Å². The molecule has 0 spiro atoms. The smallest absolute Gasteiger partial charge is 0.317 e. The predicted octanol–water partition coefficient (Wildman–Crippen LogP) is 1.65. The molecule has 0 aliphatic heterocycles. The standard InChI is InChI=1S/C7H12ClN3O/c1-3-4-11(2)7-10-9-6(5-8)12-7/h3-5H2,1-2H3. The number of hydrogen-bond donors (Lipinski definition) is 0. The molecule has 0 saturated heterocycles. The molecule has 12 heavy (non-hydrogen) atoms. The minimum absolute atomic E-state index is 0.271. The van der Waals surface area contributed by atoms with Crippen LogP contribution in [0.25, 0.3) is 0 Å². The van der Waals surface area contributed by atoms with Gasteiger partial charge in [0.25, 0.3) is 0 Å². The van der Waals surface area contributed by atoms with Crippen LogP contribution in [-0.2, 0) is 5.88 Å². The second kappa shape index (κ2) is 4.30. The molecule has 0 radical (unpaired) electrons. The topological polar surface area (TPSA) is 42.2 Å². The van der Waals surface area contributed by atoms with Gasteiger partial charge in [0.2, 0.25) is 5.89 Å². The molecular formula is C7H12ClN3O. The van der Waals surface area contributed by atoms with Crippen LogP contribution in [-0.4, -0.2) is 23.8 Å². The van der Waals surface area contributed by atoms with Crippen LogP contribution in [0.2, 0.25) is 0 Å². The summed E-state index contributed by atoms with van der Waals surface area (Å²) >= 11 is 5.51. The lowest BCUT2D eigenvalue weighted by Gasteiger charge is -2.10. The van der Waals surface area contributed by atoms with Crippen molar-refractivity contribution in [3.8, 4) is 0 Å². The van der Waals surface area contributed by atoms with Gasteiger partial charge in [-0.2, -0.15) is 0 Å². The van der Waals surface area contributed by atoms with Gasteiger partial charge in [0, 0.05) is 13.6 Å². The summed E-state index contributed by atoms with van der Waals surface area (Å²) in [6.45, 7) is 3.00. The molecule has 1 rings (SSSR count). The van der Waals surface area contributed by atoms with Crippen molar-refractivity contribution in [1.29, 1.82) is 0 Å². The molecule has 4 nitrogen and oxygen atoms in total. The zero-order valence-electron chi connectivity index (χ0n) is 7.25. The second-order valence-corrected chi connectivity index (χ2v) is 2.80. The number of nitrogens with zero attached hydrogens (tertiary/aromatic N) is 3. The third-order valence-corrected chi connectivity index (χ3v) is 1.68. The molecule has 1 aromatic heterocycles. The first kappa shape index (κ1) is 9.32. The molecule has 1 heterocycles. The fourth-order valence-electron chi connectivity index (χ4n) is 0.884. The van der Waals surface area contributed by atoms with Crippen LogP contribution in [0, 0.1) is 0 Å². The van der Waals surface area contributed by atoms with Gasteiger partial charge in [-0.3, -0.25) is 0 Å². The van der Waals surface area contributed by atoms with E-state index in [1.165, 1.54) is 0 Å². The number of anilines is 1. The van der Waals surface area contributed by atoms with Crippen molar-refractivity contribution in [2.24, 2.45) is 0 Å². The Balaban J connectivity index is 2.61. The maximum Gasteiger partial charge on any atom is 0.317 e. The van der Waals surface area contributed by atoms with E-state index in [0.29, 0.717) is 11.9 Å². The van der Waals surface area contributed by atoms with Crippen molar-refractivity contribution in [2.75, 3.05) is 18.5 Å². The summed E-state index contributed by atoms with van der Waals surface area (Å²) in [7, 11) is 1.91. The maximum absolute atomic E-state index is 5.51. The number of rotatable bonds is 4. The van der Waals surface area contributed by atoms with Gasteiger partial charge in [-0.25, -0.2) is 0 Å². The van der Waals surface area contributed by atoms with E-state index in [1.807, 2.05) is 11.9 Å². The Morgan fingerprint density at radius 2 is 2.25 bits per heavy atom. The normalized spacial score (nSPS) is 10.2. The lowest BCUT2D eigenvalue weighted by molar-refractivity contribution is 0.506. The monoisotopic (exact) mass is 189 g/mol. The minimum atomic E-state index is 0.271. The van der Waals surface area contributed by atoms with E-state index >= 15 is 0 Å². The summed E-state index contributed by atoms with van der Waals surface area (Å²) in [5.41, 5.74) is 0. The average Bonchev–Trinajstić information content (AvgIpc) is 2.52. The zero-order chi connectivity index (χ0) is 8.97. The second-order valence-electron chi connectivity index (χ2n) is 2.53. The average molecular weight is 190 g/mol. The molecule has 0 N–H and O–H groups in total. The van der Waals surface area contributed by atoms with Crippen LogP contribution in [0.5, 0.6) is 0 Å².